The lowest BCUT2D eigenvalue weighted by Crippen LogP contribution is -2.18. The maximum atomic E-state index is 12.4. The average molecular weight is 175 g/mol. The molecule has 68 valence electrons. The lowest BCUT2D eigenvalue weighted by atomic mass is 10.4. The maximum absolute atomic E-state index is 12.4. The molecule has 0 atom stereocenters. The SMILES string of the molecule is CC(F)(F)Cn1cnc(CN)c1. The molecular formula is C7H11F2N3. The summed E-state index contributed by atoms with van der Waals surface area (Å²) in [5, 5.41) is 0. The van der Waals surface area contributed by atoms with Crippen LogP contribution in [0.5, 0.6) is 0 Å². The Morgan fingerprint density at radius 3 is 2.75 bits per heavy atom. The fraction of sp³-hybridized carbons (Fsp3) is 0.571. The lowest BCUT2D eigenvalue weighted by Gasteiger charge is -2.09. The third-order valence-electron chi connectivity index (χ3n) is 1.36. The summed E-state index contributed by atoms with van der Waals surface area (Å²) in [6, 6.07) is 0. The van der Waals surface area contributed by atoms with Crippen molar-refractivity contribution in [1.29, 1.82) is 0 Å². The van der Waals surface area contributed by atoms with Gasteiger partial charge >= 0.3 is 0 Å². The quantitative estimate of drug-likeness (QED) is 0.744. The van der Waals surface area contributed by atoms with Crippen LogP contribution in [0.1, 0.15) is 12.6 Å². The lowest BCUT2D eigenvalue weighted by molar-refractivity contribution is 0.00388. The second-order valence-electron chi connectivity index (χ2n) is 2.81. The molecule has 0 radical (unpaired) electrons. The van der Waals surface area contributed by atoms with Crippen LogP contribution >= 0.6 is 0 Å². The topological polar surface area (TPSA) is 43.8 Å². The van der Waals surface area contributed by atoms with Crippen LogP contribution < -0.4 is 5.73 Å². The molecule has 2 N–H and O–H groups in total. The van der Waals surface area contributed by atoms with Gasteiger partial charge in [0, 0.05) is 19.7 Å². The number of hydrogen-bond donors (Lipinski definition) is 1. The Labute approximate surface area is 69.2 Å². The number of aromatic nitrogens is 2. The highest BCUT2D eigenvalue weighted by molar-refractivity contribution is 4.95. The van der Waals surface area contributed by atoms with E-state index in [0.717, 1.165) is 6.92 Å². The van der Waals surface area contributed by atoms with E-state index in [0.29, 0.717) is 5.69 Å². The second kappa shape index (κ2) is 3.18. The van der Waals surface area contributed by atoms with E-state index < -0.39 is 5.92 Å². The predicted molar refractivity (Wildman–Crippen MR) is 40.7 cm³/mol. The van der Waals surface area contributed by atoms with Crippen molar-refractivity contribution < 1.29 is 8.78 Å². The molecule has 0 aliphatic rings. The monoisotopic (exact) mass is 175 g/mol. The largest absolute Gasteiger partial charge is 0.331 e. The molecule has 1 aromatic heterocycles. The zero-order valence-electron chi connectivity index (χ0n) is 6.80. The van der Waals surface area contributed by atoms with Crippen LogP contribution in [0.2, 0.25) is 0 Å². The highest BCUT2D eigenvalue weighted by Gasteiger charge is 2.21. The van der Waals surface area contributed by atoms with E-state index in [2.05, 4.69) is 4.98 Å². The third-order valence-corrected chi connectivity index (χ3v) is 1.36. The van der Waals surface area contributed by atoms with Gasteiger partial charge in [0.15, 0.2) is 0 Å². The summed E-state index contributed by atoms with van der Waals surface area (Å²) in [5.41, 5.74) is 5.89. The highest BCUT2D eigenvalue weighted by Crippen LogP contribution is 2.14. The number of nitrogens with two attached hydrogens (primary N) is 1. The van der Waals surface area contributed by atoms with Crippen molar-refractivity contribution >= 4 is 0 Å². The van der Waals surface area contributed by atoms with Crippen LogP contribution in [0.15, 0.2) is 12.5 Å². The highest BCUT2D eigenvalue weighted by atomic mass is 19.3. The molecule has 0 fully saturated rings. The summed E-state index contributed by atoms with van der Waals surface area (Å²) >= 11 is 0. The summed E-state index contributed by atoms with van der Waals surface area (Å²) in [5.74, 6) is -2.70. The van der Waals surface area contributed by atoms with E-state index in [1.807, 2.05) is 0 Å². The van der Waals surface area contributed by atoms with Gasteiger partial charge in [0.25, 0.3) is 5.92 Å². The fourth-order valence-corrected chi connectivity index (χ4v) is 0.919. The predicted octanol–water partition coefficient (Wildman–Crippen LogP) is 0.997. The van der Waals surface area contributed by atoms with E-state index in [1.54, 1.807) is 0 Å². The normalized spacial score (nSPS) is 12.0. The molecule has 0 aromatic carbocycles. The third kappa shape index (κ3) is 2.58. The summed E-state index contributed by atoms with van der Waals surface area (Å²) < 4.78 is 26.2. The molecule has 1 rings (SSSR count). The van der Waals surface area contributed by atoms with Gasteiger partial charge in [0.1, 0.15) is 0 Å². The van der Waals surface area contributed by atoms with Gasteiger partial charge in [-0.15, -0.1) is 0 Å². The minimum Gasteiger partial charge on any atom is -0.331 e. The molecule has 12 heavy (non-hydrogen) atoms. The molecule has 0 saturated heterocycles. The molecule has 0 unspecified atom stereocenters. The number of halogens is 2. The Bertz CT molecular complexity index is 251. The first-order valence-electron chi connectivity index (χ1n) is 3.60. The van der Waals surface area contributed by atoms with E-state index in [1.165, 1.54) is 17.1 Å². The van der Waals surface area contributed by atoms with Gasteiger partial charge in [-0.05, 0) is 0 Å². The minimum atomic E-state index is -2.70. The van der Waals surface area contributed by atoms with Gasteiger partial charge in [-0.1, -0.05) is 0 Å². The van der Waals surface area contributed by atoms with Gasteiger partial charge in [-0.25, -0.2) is 13.8 Å². The van der Waals surface area contributed by atoms with Crippen molar-refractivity contribution in [2.75, 3.05) is 0 Å². The molecule has 1 heterocycles. The van der Waals surface area contributed by atoms with Gasteiger partial charge in [0.2, 0.25) is 0 Å². The molecule has 0 spiro atoms. The zero-order valence-corrected chi connectivity index (χ0v) is 6.80. The van der Waals surface area contributed by atoms with Crippen LogP contribution in [0.4, 0.5) is 8.78 Å². The van der Waals surface area contributed by atoms with Crippen molar-refractivity contribution in [1.82, 2.24) is 9.55 Å². The zero-order chi connectivity index (χ0) is 9.19. The van der Waals surface area contributed by atoms with E-state index in [9.17, 15) is 8.78 Å². The first kappa shape index (κ1) is 9.12. The Kier molecular flexibility index (Phi) is 2.42. The Morgan fingerprint density at radius 2 is 2.33 bits per heavy atom. The van der Waals surface area contributed by atoms with Gasteiger partial charge in [-0.2, -0.15) is 0 Å². The summed E-state index contributed by atoms with van der Waals surface area (Å²) in [4.78, 5) is 3.82. The summed E-state index contributed by atoms with van der Waals surface area (Å²) in [6.45, 7) is 0.803. The molecule has 0 aliphatic heterocycles. The molecule has 1 aromatic rings. The molecule has 5 heteroatoms. The number of alkyl halides is 2. The van der Waals surface area contributed by atoms with Crippen molar-refractivity contribution in [3.05, 3.63) is 18.2 Å². The Morgan fingerprint density at radius 1 is 1.67 bits per heavy atom. The van der Waals surface area contributed by atoms with Gasteiger partial charge in [0.05, 0.1) is 18.6 Å². The summed E-state index contributed by atoms with van der Waals surface area (Å²) in [6.07, 6.45) is 2.89. The number of nitrogens with zero attached hydrogens (tertiary/aromatic N) is 2. The van der Waals surface area contributed by atoms with Crippen molar-refractivity contribution in [3.8, 4) is 0 Å². The Hall–Kier alpha value is -0.970. The van der Waals surface area contributed by atoms with Crippen LogP contribution in [-0.2, 0) is 13.1 Å². The van der Waals surface area contributed by atoms with Crippen molar-refractivity contribution in [2.45, 2.75) is 25.9 Å². The minimum absolute atomic E-state index is 0.280. The van der Waals surface area contributed by atoms with Crippen LogP contribution in [0.3, 0.4) is 0 Å². The molecule has 3 nitrogen and oxygen atoms in total. The summed E-state index contributed by atoms with van der Waals surface area (Å²) in [7, 11) is 0. The van der Waals surface area contributed by atoms with Gasteiger partial charge < -0.3 is 10.3 Å². The number of imidazole rings is 1. The van der Waals surface area contributed by atoms with Crippen LogP contribution in [0, 0.1) is 0 Å². The molecular weight excluding hydrogens is 164 g/mol. The van der Waals surface area contributed by atoms with E-state index in [4.69, 9.17) is 5.73 Å². The molecule has 0 saturated carbocycles. The fourth-order valence-electron chi connectivity index (χ4n) is 0.919. The number of rotatable bonds is 3. The molecule has 0 aliphatic carbocycles. The van der Waals surface area contributed by atoms with Crippen LogP contribution in [0.25, 0.3) is 0 Å². The standard InChI is InChI=1S/C7H11F2N3/c1-7(8,9)4-12-3-6(2-10)11-5-12/h3,5H,2,4,10H2,1H3. The first-order valence-corrected chi connectivity index (χ1v) is 3.60. The number of hydrogen-bond acceptors (Lipinski definition) is 2. The second-order valence-corrected chi connectivity index (χ2v) is 2.81. The van der Waals surface area contributed by atoms with Gasteiger partial charge in [-0.3, -0.25) is 0 Å². The van der Waals surface area contributed by atoms with Crippen LogP contribution in [-0.4, -0.2) is 15.5 Å². The van der Waals surface area contributed by atoms with E-state index >= 15 is 0 Å². The van der Waals surface area contributed by atoms with Crippen molar-refractivity contribution in [3.63, 3.8) is 0 Å². The maximum Gasteiger partial charge on any atom is 0.262 e. The van der Waals surface area contributed by atoms with Crippen molar-refractivity contribution in [2.24, 2.45) is 5.73 Å². The van der Waals surface area contributed by atoms with E-state index in [-0.39, 0.29) is 13.1 Å². The molecule has 0 amide bonds. The average Bonchev–Trinajstić information content (AvgIpc) is 2.32. The Balaban J connectivity index is 2.64. The molecule has 0 bridgehead atoms. The first-order chi connectivity index (χ1) is 5.51. The smallest absolute Gasteiger partial charge is 0.262 e.